The van der Waals surface area contributed by atoms with E-state index in [1.165, 1.54) is 58.8 Å². The Balaban J connectivity index is 1.12. The van der Waals surface area contributed by atoms with E-state index in [9.17, 15) is 0 Å². The number of fused-ring (bicyclic) bond motifs is 12. The summed E-state index contributed by atoms with van der Waals surface area (Å²) in [5, 5.41) is 11.2. The SMILES string of the molecule is c1ccc(-c2nc(-c3ccc4c5ccccc5c5ccccc5c4c3)c3sc4cccc(-c5cccc(-n6c7ccccc7c7ccccc76)c5)c4c3n2)cc1. The average Bonchev–Trinajstić information content (AvgIpc) is 3.82. The van der Waals surface area contributed by atoms with Gasteiger partial charge in [-0.15, -0.1) is 11.3 Å². The molecule has 12 aromatic rings. The lowest BCUT2D eigenvalue weighted by atomic mass is 9.92. The molecule has 3 nitrogen and oxygen atoms in total. The highest BCUT2D eigenvalue weighted by atomic mass is 32.1. The molecule has 0 aliphatic heterocycles. The first-order chi connectivity index (χ1) is 27.8. The minimum absolute atomic E-state index is 0.727. The van der Waals surface area contributed by atoms with Crippen LogP contribution in [0.3, 0.4) is 0 Å². The molecule has 0 saturated carbocycles. The van der Waals surface area contributed by atoms with Crippen molar-refractivity contribution in [1.82, 2.24) is 14.5 Å². The van der Waals surface area contributed by atoms with Crippen LogP contribution < -0.4 is 0 Å². The summed E-state index contributed by atoms with van der Waals surface area (Å²) in [7, 11) is 0. The van der Waals surface area contributed by atoms with Gasteiger partial charge in [-0.1, -0.05) is 152 Å². The first-order valence-electron chi connectivity index (χ1n) is 19.0. The van der Waals surface area contributed by atoms with E-state index < -0.39 is 0 Å². The lowest BCUT2D eigenvalue weighted by molar-refractivity contribution is 1.18. The Morgan fingerprint density at radius 1 is 0.393 bits per heavy atom. The molecular weight excluding hydrogens is 699 g/mol. The van der Waals surface area contributed by atoms with Gasteiger partial charge in [-0.3, -0.25) is 0 Å². The Labute approximate surface area is 326 Å². The van der Waals surface area contributed by atoms with E-state index in [0.29, 0.717) is 0 Å². The van der Waals surface area contributed by atoms with Crippen LogP contribution in [-0.2, 0) is 0 Å². The van der Waals surface area contributed by atoms with Crippen molar-refractivity contribution in [2.24, 2.45) is 0 Å². The number of hydrogen-bond acceptors (Lipinski definition) is 3. The molecule has 0 aliphatic rings. The minimum atomic E-state index is 0.727. The third-order valence-electron chi connectivity index (χ3n) is 11.4. The summed E-state index contributed by atoms with van der Waals surface area (Å²) < 4.78 is 4.67. The molecule has 0 aliphatic carbocycles. The normalized spacial score (nSPS) is 11.9. The summed E-state index contributed by atoms with van der Waals surface area (Å²) in [5.41, 5.74) is 9.87. The van der Waals surface area contributed by atoms with Crippen molar-refractivity contribution in [2.75, 3.05) is 0 Å². The zero-order valence-electron chi connectivity index (χ0n) is 30.1. The number of aromatic nitrogens is 3. The second-order valence-electron chi connectivity index (χ2n) is 14.5. The second kappa shape index (κ2) is 12.2. The average molecular weight is 730 g/mol. The molecule has 0 radical (unpaired) electrons. The topological polar surface area (TPSA) is 30.7 Å². The van der Waals surface area contributed by atoms with Gasteiger partial charge in [0, 0.05) is 37.7 Å². The molecule has 12 rings (SSSR count). The minimum Gasteiger partial charge on any atom is -0.309 e. The number of para-hydroxylation sites is 2. The fourth-order valence-electron chi connectivity index (χ4n) is 8.91. The summed E-state index contributed by atoms with van der Waals surface area (Å²) >= 11 is 1.78. The van der Waals surface area contributed by atoms with Crippen LogP contribution in [-0.4, -0.2) is 14.5 Å². The van der Waals surface area contributed by atoms with Gasteiger partial charge in [-0.25, -0.2) is 9.97 Å². The zero-order chi connectivity index (χ0) is 36.7. The van der Waals surface area contributed by atoms with Crippen LogP contribution in [0.25, 0.3) is 114 Å². The Bertz CT molecular complexity index is 3450. The monoisotopic (exact) mass is 729 g/mol. The van der Waals surface area contributed by atoms with E-state index in [0.717, 1.165) is 55.1 Å². The molecule has 0 fully saturated rings. The molecule has 3 aromatic heterocycles. The van der Waals surface area contributed by atoms with Gasteiger partial charge in [0.15, 0.2) is 5.82 Å². The van der Waals surface area contributed by atoms with E-state index in [4.69, 9.17) is 9.97 Å². The van der Waals surface area contributed by atoms with Crippen LogP contribution in [0.4, 0.5) is 0 Å². The summed E-state index contributed by atoms with van der Waals surface area (Å²) in [4.78, 5) is 10.8. The molecule has 0 bridgehead atoms. The van der Waals surface area contributed by atoms with E-state index in [2.05, 4.69) is 187 Å². The van der Waals surface area contributed by atoms with Crippen LogP contribution in [0.5, 0.6) is 0 Å². The Morgan fingerprint density at radius 3 is 1.66 bits per heavy atom. The van der Waals surface area contributed by atoms with Crippen molar-refractivity contribution >= 4 is 85.8 Å². The molecule has 56 heavy (non-hydrogen) atoms. The van der Waals surface area contributed by atoms with Crippen LogP contribution in [0.15, 0.2) is 188 Å². The predicted molar refractivity (Wildman–Crippen MR) is 238 cm³/mol. The van der Waals surface area contributed by atoms with Crippen molar-refractivity contribution < 1.29 is 0 Å². The van der Waals surface area contributed by atoms with Gasteiger partial charge in [0.25, 0.3) is 0 Å². The van der Waals surface area contributed by atoms with Crippen LogP contribution in [0.2, 0.25) is 0 Å². The number of hydrogen-bond donors (Lipinski definition) is 0. The molecule has 0 amide bonds. The number of thiophene rings is 1. The van der Waals surface area contributed by atoms with Gasteiger partial charge < -0.3 is 4.57 Å². The van der Waals surface area contributed by atoms with Crippen molar-refractivity contribution in [3.8, 4) is 39.5 Å². The van der Waals surface area contributed by atoms with Gasteiger partial charge in [0.1, 0.15) is 0 Å². The quantitative estimate of drug-likeness (QED) is 0.169. The third-order valence-corrected chi connectivity index (χ3v) is 12.5. The first kappa shape index (κ1) is 31.2. The molecule has 0 N–H and O–H groups in total. The molecule has 0 saturated heterocycles. The fraction of sp³-hybridized carbons (Fsp3) is 0. The molecular formula is C52H31N3S. The zero-order valence-corrected chi connectivity index (χ0v) is 31.0. The van der Waals surface area contributed by atoms with Crippen LogP contribution in [0, 0.1) is 0 Å². The highest BCUT2D eigenvalue weighted by Gasteiger charge is 2.21. The molecule has 0 atom stereocenters. The largest absolute Gasteiger partial charge is 0.309 e. The van der Waals surface area contributed by atoms with Gasteiger partial charge >= 0.3 is 0 Å². The van der Waals surface area contributed by atoms with Crippen molar-refractivity contribution in [3.05, 3.63) is 188 Å². The van der Waals surface area contributed by atoms with Crippen molar-refractivity contribution in [3.63, 3.8) is 0 Å². The van der Waals surface area contributed by atoms with E-state index in [1.807, 2.05) is 6.07 Å². The van der Waals surface area contributed by atoms with Crippen molar-refractivity contribution in [2.45, 2.75) is 0 Å². The third kappa shape index (κ3) is 4.63. The van der Waals surface area contributed by atoms with Gasteiger partial charge in [0.2, 0.25) is 0 Å². The Hall–Kier alpha value is -7.14. The van der Waals surface area contributed by atoms with Gasteiger partial charge in [0.05, 0.1) is 26.9 Å². The summed E-state index contributed by atoms with van der Waals surface area (Å²) in [5.74, 6) is 0.727. The maximum absolute atomic E-state index is 5.41. The first-order valence-corrected chi connectivity index (χ1v) is 19.8. The lowest BCUT2D eigenvalue weighted by Crippen LogP contribution is -1.95. The maximum atomic E-state index is 5.41. The van der Waals surface area contributed by atoms with Crippen LogP contribution in [0.1, 0.15) is 0 Å². The van der Waals surface area contributed by atoms with E-state index >= 15 is 0 Å². The van der Waals surface area contributed by atoms with Crippen molar-refractivity contribution in [1.29, 1.82) is 0 Å². The summed E-state index contributed by atoms with van der Waals surface area (Å²) in [6.45, 7) is 0. The molecule has 3 heterocycles. The highest BCUT2D eigenvalue weighted by molar-refractivity contribution is 7.26. The number of nitrogens with zero attached hydrogens (tertiary/aromatic N) is 3. The predicted octanol–water partition coefficient (Wildman–Crippen LogP) is 14.4. The number of benzene rings is 9. The lowest BCUT2D eigenvalue weighted by Gasteiger charge is -2.13. The van der Waals surface area contributed by atoms with E-state index in [1.54, 1.807) is 11.3 Å². The summed E-state index contributed by atoms with van der Waals surface area (Å²) in [6.07, 6.45) is 0. The molecule has 260 valence electrons. The molecule has 0 unspecified atom stereocenters. The Morgan fingerprint density at radius 2 is 0.964 bits per heavy atom. The molecule has 4 heteroatoms. The van der Waals surface area contributed by atoms with Crippen LogP contribution >= 0.6 is 11.3 Å². The Kier molecular flexibility index (Phi) is 6.80. The summed E-state index contributed by atoms with van der Waals surface area (Å²) in [6, 6.07) is 67.8. The second-order valence-corrected chi connectivity index (χ2v) is 15.5. The molecule has 9 aromatic carbocycles. The van der Waals surface area contributed by atoms with Gasteiger partial charge in [-0.05, 0) is 79.8 Å². The standard InChI is InChI=1S/C52H31N3S/c1-2-14-32(15-3-1)52-53-49(34-28-29-41-39-20-5-4-18-37(39)38-19-6-7-21-40(38)44(41)31-34)51-50(54-52)48-36(24-13-27-47(48)56-51)33-16-12-17-35(30-33)55-45-25-10-8-22-42(45)43-23-9-11-26-46(43)55/h1-31H. The molecule has 0 spiro atoms. The van der Waals surface area contributed by atoms with E-state index in [-0.39, 0.29) is 0 Å². The maximum Gasteiger partial charge on any atom is 0.160 e. The fourth-order valence-corrected chi connectivity index (χ4v) is 10.1. The smallest absolute Gasteiger partial charge is 0.160 e. The highest BCUT2D eigenvalue weighted by Crippen LogP contribution is 2.45. The number of rotatable bonds is 4. The van der Waals surface area contributed by atoms with Gasteiger partial charge in [-0.2, -0.15) is 0 Å².